The first-order valence-corrected chi connectivity index (χ1v) is 15.0. The van der Waals surface area contributed by atoms with Crippen molar-refractivity contribution >= 4 is 56.4 Å². The van der Waals surface area contributed by atoms with E-state index in [1.54, 1.807) is 11.8 Å². The third kappa shape index (κ3) is 5.22. The molecule has 0 aromatic heterocycles. The van der Waals surface area contributed by atoms with Crippen LogP contribution in [-0.4, -0.2) is 53.4 Å². The summed E-state index contributed by atoms with van der Waals surface area (Å²) >= 11 is 1.61. The minimum absolute atomic E-state index is 0.0642. The maximum Gasteiger partial charge on any atom is 0.231 e. The number of thioether (sulfide) groups is 1. The molecule has 7 heteroatoms. The van der Waals surface area contributed by atoms with Crippen molar-refractivity contribution in [2.45, 2.75) is 25.5 Å². The Hall–Kier alpha value is -3.97. The maximum absolute atomic E-state index is 13.3. The summed E-state index contributed by atoms with van der Waals surface area (Å²) in [4.78, 5) is 24.8. The van der Waals surface area contributed by atoms with Crippen LogP contribution < -0.4 is 20.0 Å². The van der Waals surface area contributed by atoms with E-state index in [1.165, 1.54) is 5.39 Å². The molecule has 0 spiro atoms. The summed E-state index contributed by atoms with van der Waals surface area (Å²) in [5.74, 6) is -0.0642. The number of amides is 1. The van der Waals surface area contributed by atoms with Crippen LogP contribution in [-0.2, 0) is 9.54 Å². The number of hydrogen-bond acceptors (Lipinski definition) is 6. The van der Waals surface area contributed by atoms with Gasteiger partial charge in [-0.05, 0) is 46.8 Å². The zero-order valence-corrected chi connectivity index (χ0v) is 26.9. The number of rotatable bonds is 5. The third-order valence-electron chi connectivity index (χ3n) is 7.79. The fourth-order valence-electron chi connectivity index (χ4n) is 5.40. The second-order valence-electron chi connectivity index (χ2n) is 12.5. The van der Waals surface area contributed by atoms with Crippen LogP contribution in [0.15, 0.2) is 83.9 Å². The molecular weight excluding hydrogens is 538 g/mol. The maximum atomic E-state index is 13.3. The van der Waals surface area contributed by atoms with E-state index in [-0.39, 0.29) is 5.91 Å². The molecule has 6 nitrogen and oxygen atoms in total. The Bertz CT molecular complexity index is 1600. The van der Waals surface area contributed by atoms with E-state index in [4.69, 9.17) is 4.99 Å². The van der Waals surface area contributed by atoms with Gasteiger partial charge in [0.1, 0.15) is 4.75 Å². The second kappa shape index (κ2) is 11.0. The Morgan fingerprint density at radius 1 is 0.738 bits per heavy atom. The molecule has 4 aromatic carbocycles. The Morgan fingerprint density at radius 3 is 1.69 bits per heavy atom. The molecule has 42 heavy (non-hydrogen) atoms. The molecule has 0 bridgehead atoms. The fraction of sp³-hybridized carbons (Fsp3) is 0.314. The SMILES string of the molecule is CN(C)c1ccc(C2(c3ccc(N(C)C)cc3)SC(NC(=O)C(C)(C)C)=Nc3cc(N(C)C)c4ccccc4c32)cc1. The van der Waals surface area contributed by atoms with Crippen molar-refractivity contribution in [3.63, 3.8) is 0 Å². The molecule has 0 aliphatic carbocycles. The van der Waals surface area contributed by atoms with Gasteiger partial charge in [0.25, 0.3) is 0 Å². The van der Waals surface area contributed by atoms with E-state index in [0.717, 1.165) is 44.8 Å². The molecule has 5 rings (SSSR count). The topological polar surface area (TPSA) is 51.2 Å². The molecule has 1 amide bonds. The molecule has 218 valence electrons. The Labute approximate surface area is 254 Å². The smallest absolute Gasteiger partial charge is 0.231 e. The minimum atomic E-state index is -0.683. The largest absolute Gasteiger partial charge is 0.378 e. The van der Waals surface area contributed by atoms with Crippen molar-refractivity contribution in [1.29, 1.82) is 0 Å². The lowest BCUT2D eigenvalue weighted by molar-refractivity contribution is -0.126. The highest BCUT2D eigenvalue weighted by atomic mass is 32.2. The molecule has 0 saturated heterocycles. The molecule has 1 aliphatic heterocycles. The lowest BCUT2D eigenvalue weighted by Gasteiger charge is -2.40. The summed E-state index contributed by atoms with van der Waals surface area (Å²) in [6, 6.07) is 28.3. The van der Waals surface area contributed by atoms with Gasteiger partial charge in [0.05, 0.1) is 5.69 Å². The van der Waals surface area contributed by atoms with Crippen molar-refractivity contribution in [2.75, 3.05) is 57.0 Å². The number of carbonyl (C=O) groups excluding carboxylic acids is 1. The Morgan fingerprint density at radius 2 is 1.24 bits per heavy atom. The van der Waals surface area contributed by atoms with E-state index in [0.29, 0.717) is 5.17 Å². The summed E-state index contributed by atoms with van der Waals surface area (Å²) in [5, 5.41) is 6.10. The minimum Gasteiger partial charge on any atom is -0.378 e. The molecule has 0 fully saturated rings. The number of fused-ring (bicyclic) bond motifs is 3. The van der Waals surface area contributed by atoms with Crippen LogP contribution in [0.5, 0.6) is 0 Å². The molecule has 0 unspecified atom stereocenters. The van der Waals surface area contributed by atoms with Crippen LogP contribution in [0.2, 0.25) is 0 Å². The van der Waals surface area contributed by atoms with Gasteiger partial charge < -0.3 is 20.0 Å². The quantitative estimate of drug-likeness (QED) is 0.270. The van der Waals surface area contributed by atoms with E-state index in [1.807, 2.05) is 20.8 Å². The Kier molecular flexibility index (Phi) is 7.75. The van der Waals surface area contributed by atoms with Crippen LogP contribution in [0, 0.1) is 5.41 Å². The van der Waals surface area contributed by atoms with Crippen molar-refractivity contribution in [3.05, 3.63) is 95.6 Å². The van der Waals surface area contributed by atoms with E-state index in [2.05, 4.69) is 141 Å². The van der Waals surface area contributed by atoms with Gasteiger partial charge in [-0.25, -0.2) is 4.99 Å². The number of hydrogen-bond donors (Lipinski definition) is 1. The molecule has 1 N–H and O–H groups in total. The van der Waals surface area contributed by atoms with Crippen LogP contribution in [0.25, 0.3) is 10.8 Å². The molecule has 1 heterocycles. The van der Waals surface area contributed by atoms with E-state index in [9.17, 15) is 4.79 Å². The highest BCUT2D eigenvalue weighted by Crippen LogP contribution is 2.57. The van der Waals surface area contributed by atoms with Gasteiger partial charge >= 0.3 is 0 Å². The highest BCUT2D eigenvalue weighted by molar-refractivity contribution is 8.15. The van der Waals surface area contributed by atoms with Crippen molar-refractivity contribution in [1.82, 2.24) is 5.32 Å². The number of benzene rings is 4. The van der Waals surface area contributed by atoms with Gasteiger partial charge in [-0.2, -0.15) is 0 Å². The number of anilines is 3. The molecule has 0 atom stereocenters. The zero-order valence-electron chi connectivity index (χ0n) is 26.1. The molecular formula is C35H41N5OS. The standard InChI is InChI=1S/C35H41N5OS/c1-34(2,3)32(41)37-33-36-29-22-30(40(8)9)27-12-10-11-13-28(27)31(29)35(42-33,23-14-18-25(19-15-23)38(4)5)24-16-20-26(21-17-24)39(6)7/h10-22H,1-9H3,(H,36,37,41). The lowest BCUT2D eigenvalue weighted by atomic mass is 9.80. The monoisotopic (exact) mass is 579 g/mol. The summed E-state index contributed by atoms with van der Waals surface area (Å²) in [5.41, 5.74) is 6.99. The first kappa shape index (κ1) is 29.5. The summed E-state index contributed by atoms with van der Waals surface area (Å²) < 4.78 is -0.683. The van der Waals surface area contributed by atoms with Crippen LogP contribution in [0.1, 0.15) is 37.5 Å². The van der Waals surface area contributed by atoms with Crippen molar-refractivity contribution < 1.29 is 4.79 Å². The first-order valence-electron chi connectivity index (χ1n) is 14.2. The van der Waals surface area contributed by atoms with Gasteiger partial charge in [0.2, 0.25) is 5.91 Å². The fourth-order valence-corrected chi connectivity index (χ4v) is 6.80. The predicted octanol–water partition coefficient (Wildman–Crippen LogP) is 7.23. The van der Waals surface area contributed by atoms with Gasteiger partial charge in [0.15, 0.2) is 5.17 Å². The number of amidine groups is 1. The number of aliphatic imine (C=N–C) groups is 1. The van der Waals surface area contributed by atoms with Crippen LogP contribution >= 0.6 is 11.8 Å². The summed E-state index contributed by atoms with van der Waals surface area (Å²) in [6.07, 6.45) is 0. The summed E-state index contributed by atoms with van der Waals surface area (Å²) in [7, 11) is 12.3. The average Bonchev–Trinajstić information content (AvgIpc) is 2.95. The first-order chi connectivity index (χ1) is 19.8. The number of nitrogens with zero attached hydrogens (tertiary/aromatic N) is 4. The second-order valence-corrected chi connectivity index (χ2v) is 13.7. The van der Waals surface area contributed by atoms with Crippen molar-refractivity contribution in [2.24, 2.45) is 10.4 Å². The molecule has 0 radical (unpaired) electrons. The average molecular weight is 580 g/mol. The van der Waals surface area contributed by atoms with Crippen molar-refractivity contribution in [3.8, 4) is 0 Å². The zero-order chi connectivity index (χ0) is 30.4. The molecule has 1 aliphatic rings. The highest BCUT2D eigenvalue weighted by Gasteiger charge is 2.45. The van der Waals surface area contributed by atoms with Crippen LogP contribution in [0.3, 0.4) is 0 Å². The lowest BCUT2D eigenvalue weighted by Crippen LogP contribution is -2.41. The Balaban J connectivity index is 1.89. The molecule has 0 saturated carbocycles. The number of carbonyl (C=O) groups is 1. The van der Waals surface area contributed by atoms with Gasteiger partial charge in [-0.1, -0.05) is 81.1 Å². The molecule has 4 aromatic rings. The van der Waals surface area contributed by atoms with Gasteiger partial charge in [-0.15, -0.1) is 0 Å². The van der Waals surface area contributed by atoms with Gasteiger partial charge in [0, 0.05) is 75.7 Å². The summed E-state index contributed by atoms with van der Waals surface area (Å²) in [6.45, 7) is 5.78. The normalized spacial score (nSPS) is 14.2. The van der Waals surface area contributed by atoms with Crippen LogP contribution in [0.4, 0.5) is 22.7 Å². The van der Waals surface area contributed by atoms with E-state index >= 15 is 0 Å². The predicted molar refractivity (Wildman–Crippen MR) is 182 cm³/mol. The van der Waals surface area contributed by atoms with E-state index < -0.39 is 10.2 Å². The number of nitrogens with one attached hydrogen (secondary N) is 1. The third-order valence-corrected chi connectivity index (χ3v) is 9.16. The van der Waals surface area contributed by atoms with Gasteiger partial charge in [-0.3, -0.25) is 4.79 Å².